The Morgan fingerprint density at radius 3 is 2.42 bits per heavy atom. The second kappa shape index (κ2) is 9.29. The zero-order chi connectivity index (χ0) is 22.8. The van der Waals surface area contributed by atoms with E-state index < -0.39 is 64.0 Å². The van der Waals surface area contributed by atoms with Crippen molar-refractivity contribution in [2.75, 3.05) is 6.61 Å². The SMILES string of the molecule is O=c1ccn([C@@H]2O[C@H](COP(=O)([O-])OP(=O)([O-])Cc3ccccc3)C(O)[C@@H]2O)c(=O)[nH]1. The summed E-state index contributed by atoms with van der Waals surface area (Å²) in [5, 5.41) is 20.2. The number of aliphatic hydroxyl groups excluding tert-OH is 2. The minimum Gasteiger partial charge on any atom is -0.778 e. The molecule has 1 aromatic carbocycles. The molecule has 0 spiro atoms. The maximum Gasteiger partial charge on any atom is 0.330 e. The zero-order valence-electron chi connectivity index (χ0n) is 15.7. The van der Waals surface area contributed by atoms with Crippen LogP contribution < -0.4 is 21.0 Å². The third kappa shape index (κ3) is 6.07. The van der Waals surface area contributed by atoms with Crippen LogP contribution >= 0.6 is 15.4 Å². The van der Waals surface area contributed by atoms with Crippen molar-refractivity contribution >= 4 is 15.4 Å². The lowest BCUT2D eigenvalue weighted by molar-refractivity contribution is -0.234. The normalized spacial score (nSPS) is 27.5. The quantitative estimate of drug-likeness (QED) is 0.371. The molecule has 1 fully saturated rings. The number of aromatic nitrogens is 2. The van der Waals surface area contributed by atoms with Crippen LogP contribution in [0.5, 0.6) is 0 Å². The third-order valence-corrected chi connectivity index (χ3v) is 7.32. The zero-order valence-corrected chi connectivity index (χ0v) is 17.5. The van der Waals surface area contributed by atoms with Crippen LogP contribution in [0.15, 0.2) is 52.2 Å². The van der Waals surface area contributed by atoms with E-state index in [4.69, 9.17) is 4.74 Å². The molecule has 1 aliphatic rings. The number of phosphoric ester groups is 1. The van der Waals surface area contributed by atoms with Gasteiger partial charge in [0.05, 0.1) is 6.61 Å². The second-order valence-electron chi connectivity index (χ2n) is 6.64. The summed E-state index contributed by atoms with van der Waals surface area (Å²) in [6.45, 7) is -0.904. The van der Waals surface area contributed by atoms with Gasteiger partial charge >= 0.3 is 5.69 Å². The van der Waals surface area contributed by atoms with E-state index in [1.165, 1.54) is 12.1 Å². The van der Waals surface area contributed by atoms with Gasteiger partial charge in [0.25, 0.3) is 13.4 Å². The van der Waals surface area contributed by atoms with Gasteiger partial charge in [-0.15, -0.1) is 0 Å². The van der Waals surface area contributed by atoms with Crippen LogP contribution in [0.25, 0.3) is 0 Å². The fourth-order valence-corrected chi connectivity index (χ4v) is 5.53. The molecule has 2 heterocycles. The minimum atomic E-state index is -5.37. The van der Waals surface area contributed by atoms with Crippen LogP contribution in [0.3, 0.4) is 0 Å². The lowest BCUT2D eigenvalue weighted by Gasteiger charge is -2.32. The molecular formula is C16H18N2O11P2-2. The maximum atomic E-state index is 12.0. The third-order valence-electron chi connectivity index (χ3n) is 4.30. The van der Waals surface area contributed by atoms with Crippen LogP contribution in [0.1, 0.15) is 11.8 Å². The van der Waals surface area contributed by atoms with Gasteiger partial charge in [-0.2, -0.15) is 0 Å². The molecule has 0 saturated carbocycles. The van der Waals surface area contributed by atoms with Crippen LogP contribution in [-0.2, 0) is 28.9 Å². The Kier molecular flexibility index (Phi) is 7.11. The largest absolute Gasteiger partial charge is 0.778 e. The summed E-state index contributed by atoms with van der Waals surface area (Å²) in [5.74, 6) is 0. The van der Waals surface area contributed by atoms with Crippen LogP contribution in [0.4, 0.5) is 0 Å². The maximum absolute atomic E-state index is 12.0. The number of benzene rings is 1. The van der Waals surface area contributed by atoms with Crippen LogP contribution in [0.2, 0.25) is 0 Å². The number of rotatable bonds is 8. The minimum absolute atomic E-state index is 0.299. The number of phosphoric acid groups is 1. The number of aliphatic hydroxyl groups is 2. The Hall–Kier alpha value is -1.92. The van der Waals surface area contributed by atoms with Crippen LogP contribution in [-0.4, -0.2) is 44.7 Å². The van der Waals surface area contributed by atoms with Crippen molar-refractivity contribution in [1.82, 2.24) is 9.55 Å². The molecule has 13 nitrogen and oxygen atoms in total. The van der Waals surface area contributed by atoms with E-state index in [1.807, 2.05) is 4.98 Å². The van der Waals surface area contributed by atoms with Gasteiger partial charge in [-0.25, -0.2) is 4.79 Å². The predicted molar refractivity (Wildman–Crippen MR) is 99.6 cm³/mol. The molecule has 31 heavy (non-hydrogen) atoms. The fourth-order valence-electron chi connectivity index (χ4n) is 2.90. The Morgan fingerprint density at radius 1 is 1.10 bits per heavy atom. The molecule has 3 N–H and O–H groups in total. The Bertz CT molecular complexity index is 1120. The number of aromatic amines is 1. The summed E-state index contributed by atoms with van der Waals surface area (Å²) in [4.78, 5) is 48.8. The molecule has 3 rings (SSSR count). The predicted octanol–water partition coefficient (Wildman–Crippen LogP) is -1.59. The summed E-state index contributed by atoms with van der Waals surface area (Å²) in [5.41, 5.74) is -1.33. The Morgan fingerprint density at radius 2 is 1.77 bits per heavy atom. The fraction of sp³-hybridized carbons (Fsp3) is 0.375. The van der Waals surface area contributed by atoms with Gasteiger partial charge in [0.1, 0.15) is 25.9 Å². The molecular weight excluding hydrogens is 458 g/mol. The number of H-pyrrole nitrogens is 1. The molecule has 0 radical (unpaired) electrons. The lowest BCUT2D eigenvalue weighted by Crippen LogP contribution is -2.37. The van der Waals surface area contributed by atoms with Gasteiger partial charge in [-0.05, 0) is 5.56 Å². The van der Waals surface area contributed by atoms with E-state index in [-0.39, 0.29) is 0 Å². The van der Waals surface area contributed by atoms with E-state index in [1.54, 1.807) is 18.2 Å². The van der Waals surface area contributed by atoms with Crippen molar-refractivity contribution in [1.29, 1.82) is 0 Å². The van der Waals surface area contributed by atoms with Crippen LogP contribution in [0, 0.1) is 0 Å². The second-order valence-corrected chi connectivity index (χ2v) is 9.99. The molecule has 2 aromatic rings. The monoisotopic (exact) mass is 476 g/mol. The smallest absolute Gasteiger partial charge is 0.330 e. The molecule has 170 valence electrons. The van der Waals surface area contributed by atoms with Gasteiger partial charge in [-0.1, -0.05) is 30.3 Å². The van der Waals surface area contributed by atoms with Gasteiger partial charge in [-0.3, -0.25) is 23.2 Å². The number of hydrogen-bond donors (Lipinski definition) is 3. The molecule has 0 aliphatic carbocycles. The first-order valence-electron chi connectivity index (χ1n) is 8.81. The molecule has 1 aromatic heterocycles. The topological polar surface area (TPSA) is 203 Å². The standard InChI is InChI=1S/C16H20N2O11P2/c19-12-6-7-18(16(22)17-12)15-14(21)13(20)11(28-15)8-27-31(25,26)29-30(23,24)9-10-4-2-1-3-5-10/h1-7,11,13-15,20-21H,8-9H2,(H,23,24)(H,25,26)(H,17,19,22)/p-2/t11-,13?,14+,15-/m1/s1. The van der Waals surface area contributed by atoms with E-state index in [0.29, 0.717) is 5.56 Å². The van der Waals surface area contributed by atoms with Crippen molar-refractivity contribution in [2.24, 2.45) is 0 Å². The average molecular weight is 476 g/mol. The van der Waals surface area contributed by atoms with E-state index in [0.717, 1.165) is 16.8 Å². The highest BCUT2D eigenvalue weighted by Gasteiger charge is 2.44. The van der Waals surface area contributed by atoms with E-state index in [9.17, 15) is 38.7 Å². The van der Waals surface area contributed by atoms with Gasteiger partial charge in [0.15, 0.2) is 6.23 Å². The average Bonchev–Trinajstić information content (AvgIpc) is 2.94. The first-order valence-corrected chi connectivity index (χ1v) is 12.0. The highest BCUT2D eigenvalue weighted by molar-refractivity contribution is 7.62. The summed E-state index contributed by atoms with van der Waals surface area (Å²) in [7, 11) is -10.3. The van der Waals surface area contributed by atoms with Crippen molar-refractivity contribution in [3.8, 4) is 0 Å². The molecule has 3 unspecified atom stereocenters. The van der Waals surface area contributed by atoms with E-state index >= 15 is 0 Å². The van der Waals surface area contributed by atoms with Crippen molar-refractivity contribution in [2.45, 2.75) is 30.7 Å². The number of nitrogens with one attached hydrogen (secondary N) is 1. The highest BCUT2D eigenvalue weighted by Crippen LogP contribution is 2.56. The number of nitrogens with zero attached hydrogens (tertiary/aromatic N) is 1. The molecule has 6 atom stereocenters. The van der Waals surface area contributed by atoms with Crippen molar-refractivity contribution in [3.63, 3.8) is 0 Å². The Labute approximate surface area is 174 Å². The van der Waals surface area contributed by atoms with Crippen molar-refractivity contribution in [3.05, 3.63) is 69.0 Å². The summed E-state index contributed by atoms with van der Waals surface area (Å²) < 4.78 is 38.7. The Balaban J connectivity index is 1.63. The summed E-state index contributed by atoms with van der Waals surface area (Å²) in [6.07, 6.45) is -5.94. The number of hydrogen-bond acceptors (Lipinski definition) is 11. The van der Waals surface area contributed by atoms with Crippen molar-refractivity contribution < 1.29 is 42.7 Å². The van der Waals surface area contributed by atoms with Gasteiger partial charge in [0.2, 0.25) is 0 Å². The molecule has 1 aliphatic heterocycles. The van der Waals surface area contributed by atoms with Gasteiger partial charge < -0.3 is 33.8 Å². The molecule has 15 heteroatoms. The lowest BCUT2D eigenvalue weighted by atomic mass is 10.1. The first kappa shape index (κ1) is 23.7. The van der Waals surface area contributed by atoms with E-state index in [2.05, 4.69) is 8.83 Å². The molecule has 0 amide bonds. The molecule has 0 bridgehead atoms. The van der Waals surface area contributed by atoms with Gasteiger partial charge in [0, 0.05) is 18.4 Å². The summed E-state index contributed by atoms with van der Waals surface area (Å²) >= 11 is 0. The summed E-state index contributed by atoms with van der Waals surface area (Å²) in [6, 6.07) is 8.69. The number of ether oxygens (including phenoxy) is 1. The highest BCUT2D eigenvalue weighted by atomic mass is 31.3. The first-order chi connectivity index (χ1) is 14.5. The molecule has 1 saturated heterocycles.